The SMILES string of the molecule is O=C1NNC(=O)C2CNCC12. The Labute approximate surface area is 63.5 Å². The second-order valence-electron chi connectivity index (χ2n) is 2.85. The Bertz CT molecular complexity index is 194. The van der Waals surface area contributed by atoms with Crippen LogP contribution in [-0.2, 0) is 9.59 Å². The van der Waals surface area contributed by atoms with Crippen LogP contribution in [0.1, 0.15) is 0 Å². The van der Waals surface area contributed by atoms with Crippen LogP contribution >= 0.6 is 0 Å². The molecule has 0 spiro atoms. The van der Waals surface area contributed by atoms with Gasteiger partial charge in [-0.05, 0) is 0 Å². The third kappa shape index (κ3) is 0.883. The number of hydrogen-bond donors (Lipinski definition) is 3. The van der Waals surface area contributed by atoms with E-state index in [4.69, 9.17) is 0 Å². The first-order chi connectivity index (χ1) is 5.29. The van der Waals surface area contributed by atoms with Crippen molar-refractivity contribution in [2.24, 2.45) is 11.8 Å². The molecule has 11 heavy (non-hydrogen) atoms. The van der Waals surface area contributed by atoms with Crippen LogP contribution in [0.3, 0.4) is 0 Å². The molecule has 0 aliphatic carbocycles. The molecular weight excluding hydrogens is 146 g/mol. The summed E-state index contributed by atoms with van der Waals surface area (Å²) in [6.07, 6.45) is 0. The van der Waals surface area contributed by atoms with Gasteiger partial charge in [-0.25, -0.2) is 0 Å². The summed E-state index contributed by atoms with van der Waals surface area (Å²) >= 11 is 0. The molecule has 5 heteroatoms. The molecule has 2 aliphatic heterocycles. The van der Waals surface area contributed by atoms with Crippen molar-refractivity contribution in [2.75, 3.05) is 13.1 Å². The van der Waals surface area contributed by atoms with E-state index in [1.54, 1.807) is 0 Å². The smallest absolute Gasteiger partial charge is 0.243 e. The van der Waals surface area contributed by atoms with E-state index in [0.29, 0.717) is 13.1 Å². The summed E-state index contributed by atoms with van der Waals surface area (Å²) in [5.41, 5.74) is 4.65. The second kappa shape index (κ2) is 2.20. The number of hydrogen-bond acceptors (Lipinski definition) is 3. The van der Waals surface area contributed by atoms with Gasteiger partial charge in [-0.3, -0.25) is 20.4 Å². The molecule has 2 fully saturated rings. The predicted molar refractivity (Wildman–Crippen MR) is 36.1 cm³/mol. The molecule has 0 bridgehead atoms. The van der Waals surface area contributed by atoms with Crippen molar-refractivity contribution in [1.82, 2.24) is 16.2 Å². The van der Waals surface area contributed by atoms with Crippen molar-refractivity contribution in [3.05, 3.63) is 0 Å². The molecule has 2 heterocycles. The third-order valence-electron chi connectivity index (χ3n) is 2.20. The molecular formula is C6H9N3O2. The zero-order valence-electron chi connectivity index (χ0n) is 5.89. The number of hydrazine groups is 1. The molecule has 2 unspecified atom stereocenters. The van der Waals surface area contributed by atoms with Crippen molar-refractivity contribution in [3.63, 3.8) is 0 Å². The summed E-state index contributed by atoms with van der Waals surface area (Å²) < 4.78 is 0. The van der Waals surface area contributed by atoms with Crippen LogP contribution in [-0.4, -0.2) is 24.9 Å². The van der Waals surface area contributed by atoms with E-state index in [2.05, 4.69) is 16.2 Å². The Morgan fingerprint density at radius 2 is 1.45 bits per heavy atom. The average Bonchev–Trinajstić information content (AvgIpc) is 2.45. The molecule has 5 nitrogen and oxygen atoms in total. The normalized spacial score (nSPS) is 36.0. The third-order valence-corrected chi connectivity index (χ3v) is 2.20. The molecule has 2 saturated heterocycles. The minimum Gasteiger partial charge on any atom is -0.315 e. The first kappa shape index (κ1) is 6.60. The largest absolute Gasteiger partial charge is 0.315 e. The fourth-order valence-corrected chi connectivity index (χ4v) is 1.54. The van der Waals surface area contributed by atoms with E-state index in [1.807, 2.05) is 0 Å². The van der Waals surface area contributed by atoms with E-state index in [1.165, 1.54) is 0 Å². The van der Waals surface area contributed by atoms with Gasteiger partial charge in [0.2, 0.25) is 11.8 Å². The van der Waals surface area contributed by atoms with Gasteiger partial charge in [-0.2, -0.15) is 0 Å². The summed E-state index contributed by atoms with van der Waals surface area (Å²) in [7, 11) is 0. The summed E-state index contributed by atoms with van der Waals surface area (Å²) in [6.45, 7) is 1.23. The monoisotopic (exact) mass is 155 g/mol. The zero-order valence-corrected chi connectivity index (χ0v) is 5.89. The fraction of sp³-hybridized carbons (Fsp3) is 0.667. The molecule has 0 aromatic heterocycles. The van der Waals surface area contributed by atoms with Crippen molar-refractivity contribution in [2.45, 2.75) is 0 Å². The van der Waals surface area contributed by atoms with Crippen LogP contribution < -0.4 is 16.2 Å². The van der Waals surface area contributed by atoms with Gasteiger partial charge < -0.3 is 5.32 Å². The van der Waals surface area contributed by atoms with E-state index < -0.39 is 0 Å². The van der Waals surface area contributed by atoms with Crippen LogP contribution in [0.4, 0.5) is 0 Å². The van der Waals surface area contributed by atoms with Crippen molar-refractivity contribution in [1.29, 1.82) is 0 Å². The van der Waals surface area contributed by atoms with Gasteiger partial charge in [-0.1, -0.05) is 0 Å². The van der Waals surface area contributed by atoms with Crippen molar-refractivity contribution < 1.29 is 9.59 Å². The first-order valence-corrected chi connectivity index (χ1v) is 3.59. The molecule has 2 aliphatic rings. The molecule has 0 saturated carbocycles. The lowest BCUT2D eigenvalue weighted by Crippen LogP contribution is -2.55. The van der Waals surface area contributed by atoms with Crippen LogP contribution in [0.5, 0.6) is 0 Å². The average molecular weight is 155 g/mol. The van der Waals surface area contributed by atoms with Crippen molar-refractivity contribution >= 4 is 11.8 Å². The molecule has 2 amide bonds. The van der Waals surface area contributed by atoms with Crippen LogP contribution in [0, 0.1) is 11.8 Å². The number of fused-ring (bicyclic) bond motifs is 1. The quantitative estimate of drug-likeness (QED) is 0.378. The number of nitrogens with one attached hydrogen (secondary N) is 3. The summed E-state index contributed by atoms with van der Waals surface area (Å²) in [4.78, 5) is 22.1. The molecule has 0 aromatic rings. The zero-order chi connectivity index (χ0) is 7.84. The van der Waals surface area contributed by atoms with Gasteiger partial charge in [0, 0.05) is 13.1 Å². The standard InChI is InChI=1S/C6H9N3O2/c10-5-3-1-7-2-4(3)6(11)9-8-5/h3-4,7H,1-2H2,(H,8,10)(H,9,11). The van der Waals surface area contributed by atoms with E-state index in [0.717, 1.165) is 0 Å². The summed E-state index contributed by atoms with van der Waals surface area (Å²) in [5, 5.41) is 3.00. The van der Waals surface area contributed by atoms with Gasteiger partial charge in [0.05, 0.1) is 11.8 Å². The van der Waals surface area contributed by atoms with Crippen LogP contribution in [0.2, 0.25) is 0 Å². The maximum absolute atomic E-state index is 11.1. The highest BCUT2D eigenvalue weighted by atomic mass is 16.2. The number of carbonyl (C=O) groups excluding carboxylic acids is 2. The highest BCUT2D eigenvalue weighted by molar-refractivity contribution is 5.93. The Kier molecular flexibility index (Phi) is 1.32. The maximum atomic E-state index is 11.1. The van der Waals surface area contributed by atoms with Gasteiger partial charge in [-0.15, -0.1) is 0 Å². The topological polar surface area (TPSA) is 70.2 Å². The maximum Gasteiger partial charge on any atom is 0.243 e. The van der Waals surface area contributed by atoms with Gasteiger partial charge in [0.1, 0.15) is 0 Å². The lowest BCUT2D eigenvalue weighted by molar-refractivity contribution is -0.140. The predicted octanol–water partition coefficient (Wildman–Crippen LogP) is -2.02. The van der Waals surface area contributed by atoms with Crippen LogP contribution in [0.15, 0.2) is 0 Å². The van der Waals surface area contributed by atoms with Crippen molar-refractivity contribution in [3.8, 4) is 0 Å². The highest BCUT2D eigenvalue weighted by Crippen LogP contribution is 2.18. The lowest BCUT2D eigenvalue weighted by atomic mass is 9.93. The van der Waals surface area contributed by atoms with Gasteiger partial charge in [0.25, 0.3) is 0 Å². The Morgan fingerprint density at radius 3 is 1.91 bits per heavy atom. The van der Waals surface area contributed by atoms with Gasteiger partial charge in [0.15, 0.2) is 0 Å². The molecule has 60 valence electrons. The molecule has 2 rings (SSSR count). The molecule has 0 radical (unpaired) electrons. The number of amides is 2. The molecule has 0 aromatic carbocycles. The highest BCUT2D eigenvalue weighted by Gasteiger charge is 2.41. The lowest BCUT2D eigenvalue weighted by Gasteiger charge is -2.23. The van der Waals surface area contributed by atoms with E-state index >= 15 is 0 Å². The minimum atomic E-state index is -0.163. The first-order valence-electron chi connectivity index (χ1n) is 3.59. The Hall–Kier alpha value is -1.10. The molecule has 2 atom stereocenters. The number of rotatable bonds is 0. The van der Waals surface area contributed by atoms with Gasteiger partial charge >= 0.3 is 0 Å². The number of carbonyl (C=O) groups is 2. The van der Waals surface area contributed by atoms with E-state index in [-0.39, 0.29) is 23.7 Å². The Balaban J connectivity index is 2.20. The summed E-state index contributed by atoms with van der Waals surface area (Å²) in [5.74, 6) is -0.494. The minimum absolute atomic E-state index is 0.0837. The Morgan fingerprint density at radius 1 is 1.00 bits per heavy atom. The second-order valence-corrected chi connectivity index (χ2v) is 2.85. The van der Waals surface area contributed by atoms with E-state index in [9.17, 15) is 9.59 Å². The molecule has 3 N–H and O–H groups in total. The van der Waals surface area contributed by atoms with Crippen LogP contribution in [0.25, 0.3) is 0 Å². The fourth-order valence-electron chi connectivity index (χ4n) is 1.54. The summed E-state index contributed by atoms with van der Waals surface area (Å²) in [6, 6.07) is 0.